The van der Waals surface area contributed by atoms with Gasteiger partial charge in [0.2, 0.25) is 6.04 Å². The molecule has 1 aromatic carbocycles. The van der Waals surface area contributed by atoms with Gasteiger partial charge in [-0.05, 0) is 28.1 Å². The molecule has 0 aliphatic heterocycles. The van der Waals surface area contributed by atoms with Gasteiger partial charge in [0.25, 0.3) is 0 Å². The number of hydrogen-bond acceptors (Lipinski definition) is 1. The molecule has 0 atom stereocenters. The topological polar surface area (TPSA) is 41.1 Å². The highest BCUT2D eigenvalue weighted by atomic mass is 79.9. The largest absolute Gasteiger partial charge is 0.417 e. The van der Waals surface area contributed by atoms with Crippen LogP contribution in [0.2, 0.25) is 0 Å². The normalized spacial score (nSPS) is 12.4. The molecule has 0 aliphatic carbocycles. The van der Waals surface area contributed by atoms with Crippen molar-refractivity contribution in [1.29, 1.82) is 0 Å². The van der Waals surface area contributed by atoms with Crippen molar-refractivity contribution in [3.8, 4) is 0 Å². The lowest BCUT2D eigenvalue weighted by molar-refractivity contribution is -0.255. The number of nitrogens with one attached hydrogen (secondary N) is 2. The molecule has 0 radical (unpaired) electrons. The Hall–Kier alpha value is -1.45. The maximum Gasteiger partial charge on any atom is 0.417 e. The zero-order chi connectivity index (χ0) is 15.6. The summed E-state index contributed by atoms with van der Waals surface area (Å²) in [6.07, 6.45) is -11.3. The van der Waals surface area contributed by atoms with E-state index in [1.165, 1.54) is 18.2 Å². The number of anilines is 1. The van der Waals surface area contributed by atoms with Crippen LogP contribution >= 0.6 is 15.9 Å². The molecule has 3 nitrogen and oxygen atoms in total. The van der Waals surface area contributed by atoms with Crippen LogP contribution in [0.3, 0.4) is 0 Å². The van der Waals surface area contributed by atoms with E-state index in [-0.39, 0.29) is 5.69 Å². The van der Waals surface area contributed by atoms with E-state index in [0.29, 0.717) is 4.47 Å². The van der Waals surface area contributed by atoms with E-state index in [2.05, 4.69) is 15.9 Å². The second-order valence-electron chi connectivity index (χ2n) is 3.59. The molecular weight excluding hydrogens is 358 g/mol. The second-order valence-corrected chi connectivity index (χ2v) is 4.45. The van der Waals surface area contributed by atoms with Crippen LogP contribution in [0.15, 0.2) is 28.7 Å². The van der Waals surface area contributed by atoms with Gasteiger partial charge in [-0.3, -0.25) is 0 Å². The quantitative estimate of drug-likeness (QED) is 0.763. The average molecular weight is 365 g/mol. The summed E-state index contributed by atoms with van der Waals surface area (Å²) in [5.41, 5.74) is 0.0353. The van der Waals surface area contributed by atoms with Crippen LogP contribution in [-0.4, -0.2) is 24.4 Å². The molecular formula is C10H7BrF6N2O. The summed E-state index contributed by atoms with van der Waals surface area (Å²) in [6, 6.07) is 0.224. The monoisotopic (exact) mass is 364 g/mol. The van der Waals surface area contributed by atoms with Crippen molar-refractivity contribution in [1.82, 2.24) is 5.32 Å². The van der Waals surface area contributed by atoms with Crippen molar-refractivity contribution >= 4 is 27.6 Å². The van der Waals surface area contributed by atoms with Crippen LogP contribution in [0, 0.1) is 0 Å². The molecule has 20 heavy (non-hydrogen) atoms. The SMILES string of the molecule is O=C(Nc1ccccc1Br)NC(C(F)(F)F)C(F)(F)F. The number of hydrogen-bond donors (Lipinski definition) is 2. The van der Waals surface area contributed by atoms with Crippen LogP contribution in [-0.2, 0) is 0 Å². The van der Waals surface area contributed by atoms with E-state index < -0.39 is 24.4 Å². The molecule has 0 aliphatic rings. The first-order valence-corrected chi connectivity index (χ1v) is 5.76. The van der Waals surface area contributed by atoms with Crippen LogP contribution in [0.5, 0.6) is 0 Å². The number of para-hydroxylation sites is 1. The lowest BCUT2D eigenvalue weighted by atomic mass is 10.3. The lowest BCUT2D eigenvalue weighted by Gasteiger charge is -2.24. The Morgan fingerprint density at radius 2 is 1.55 bits per heavy atom. The standard InChI is InChI=1S/C10H7BrF6N2O/c11-5-3-1-2-4-6(5)18-8(20)19-7(9(12,13)14)10(15,16)17/h1-4,7H,(H2,18,19,20). The Labute approximate surface area is 117 Å². The molecule has 10 heteroatoms. The van der Waals surface area contributed by atoms with Crippen molar-refractivity contribution in [2.24, 2.45) is 0 Å². The summed E-state index contributed by atoms with van der Waals surface area (Å²) >= 11 is 2.98. The van der Waals surface area contributed by atoms with Gasteiger partial charge < -0.3 is 10.6 Å². The fourth-order valence-electron chi connectivity index (χ4n) is 1.20. The lowest BCUT2D eigenvalue weighted by Crippen LogP contribution is -2.55. The van der Waals surface area contributed by atoms with E-state index in [9.17, 15) is 31.1 Å². The van der Waals surface area contributed by atoms with Crippen molar-refractivity contribution in [3.05, 3.63) is 28.7 Å². The van der Waals surface area contributed by atoms with Crippen molar-refractivity contribution in [2.75, 3.05) is 5.32 Å². The zero-order valence-electron chi connectivity index (χ0n) is 9.44. The number of alkyl halides is 6. The van der Waals surface area contributed by atoms with E-state index in [1.807, 2.05) is 5.32 Å². The van der Waals surface area contributed by atoms with E-state index in [0.717, 1.165) is 5.32 Å². The Kier molecular flexibility index (Phi) is 4.90. The number of rotatable bonds is 2. The van der Waals surface area contributed by atoms with Gasteiger partial charge in [-0.1, -0.05) is 12.1 Å². The predicted molar refractivity (Wildman–Crippen MR) is 62.2 cm³/mol. The van der Waals surface area contributed by atoms with Gasteiger partial charge in [0.15, 0.2) is 0 Å². The summed E-state index contributed by atoms with van der Waals surface area (Å²) in [7, 11) is 0. The molecule has 0 fully saturated rings. The first-order chi connectivity index (χ1) is 9.01. The predicted octanol–water partition coefficient (Wildman–Crippen LogP) is 4.06. The fourth-order valence-corrected chi connectivity index (χ4v) is 1.59. The summed E-state index contributed by atoms with van der Waals surface area (Å²) in [6.45, 7) is 0. The third-order valence-electron chi connectivity index (χ3n) is 2.05. The van der Waals surface area contributed by atoms with Crippen LogP contribution in [0.25, 0.3) is 0 Å². The summed E-state index contributed by atoms with van der Waals surface area (Å²) in [5, 5.41) is 2.74. The van der Waals surface area contributed by atoms with Gasteiger partial charge in [0, 0.05) is 4.47 Å². The minimum absolute atomic E-state index is 0.0353. The Bertz CT molecular complexity index is 473. The third-order valence-corrected chi connectivity index (χ3v) is 2.74. The van der Waals surface area contributed by atoms with Gasteiger partial charge in [0.05, 0.1) is 5.69 Å². The van der Waals surface area contributed by atoms with Crippen molar-refractivity contribution in [2.45, 2.75) is 18.4 Å². The van der Waals surface area contributed by atoms with Gasteiger partial charge in [-0.15, -0.1) is 0 Å². The van der Waals surface area contributed by atoms with E-state index in [1.54, 1.807) is 6.07 Å². The molecule has 0 heterocycles. The molecule has 2 amide bonds. The number of halogens is 7. The third kappa shape index (κ3) is 4.58. The van der Waals surface area contributed by atoms with Crippen molar-refractivity contribution < 1.29 is 31.1 Å². The van der Waals surface area contributed by atoms with Crippen molar-refractivity contribution in [3.63, 3.8) is 0 Å². The molecule has 0 saturated heterocycles. The van der Waals surface area contributed by atoms with Crippen LogP contribution in [0.1, 0.15) is 0 Å². The fraction of sp³-hybridized carbons (Fsp3) is 0.300. The molecule has 112 valence electrons. The summed E-state index contributed by atoms with van der Waals surface area (Å²) in [5.74, 6) is 0. The van der Waals surface area contributed by atoms with Crippen LogP contribution < -0.4 is 10.6 Å². The molecule has 0 bridgehead atoms. The second kappa shape index (κ2) is 5.90. The highest BCUT2D eigenvalue weighted by molar-refractivity contribution is 9.10. The highest BCUT2D eigenvalue weighted by Crippen LogP contribution is 2.33. The summed E-state index contributed by atoms with van der Waals surface area (Å²) in [4.78, 5) is 11.2. The van der Waals surface area contributed by atoms with Gasteiger partial charge in [-0.25, -0.2) is 4.79 Å². The maximum atomic E-state index is 12.2. The van der Waals surface area contributed by atoms with Crippen LogP contribution in [0.4, 0.5) is 36.8 Å². The Morgan fingerprint density at radius 1 is 1.05 bits per heavy atom. The molecule has 1 aromatic rings. The number of carbonyl (C=O) groups is 1. The van der Waals surface area contributed by atoms with Gasteiger partial charge in [0.1, 0.15) is 0 Å². The minimum Gasteiger partial charge on any atom is -0.318 e. The Balaban J connectivity index is 2.81. The molecule has 2 N–H and O–H groups in total. The van der Waals surface area contributed by atoms with E-state index >= 15 is 0 Å². The molecule has 0 aromatic heterocycles. The summed E-state index contributed by atoms with van der Waals surface area (Å²) < 4.78 is 73.6. The molecule has 0 spiro atoms. The Morgan fingerprint density at radius 3 is 2.00 bits per heavy atom. The smallest absolute Gasteiger partial charge is 0.318 e. The first kappa shape index (κ1) is 16.6. The molecule has 0 saturated carbocycles. The molecule has 0 unspecified atom stereocenters. The maximum absolute atomic E-state index is 12.2. The average Bonchev–Trinajstić information content (AvgIpc) is 2.26. The molecule has 1 rings (SSSR count). The van der Waals surface area contributed by atoms with Gasteiger partial charge in [-0.2, -0.15) is 26.3 Å². The number of amides is 2. The zero-order valence-corrected chi connectivity index (χ0v) is 11.0. The van der Waals surface area contributed by atoms with E-state index in [4.69, 9.17) is 0 Å². The number of carbonyl (C=O) groups excluding carboxylic acids is 1. The first-order valence-electron chi connectivity index (χ1n) is 4.97. The number of benzene rings is 1. The minimum atomic E-state index is -5.64. The number of urea groups is 1. The van der Waals surface area contributed by atoms with Gasteiger partial charge >= 0.3 is 18.4 Å². The highest BCUT2D eigenvalue weighted by Gasteiger charge is 2.57.